The topological polar surface area (TPSA) is 55.0 Å². The average Bonchev–Trinajstić information content (AvgIpc) is 2.93. The van der Waals surface area contributed by atoms with Crippen LogP contribution < -0.4 is 10.6 Å². The molecule has 2 aromatic rings. The zero-order valence-electron chi connectivity index (χ0n) is 13.4. The zero-order valence-corrected chi connectivity index (χ0v) is 15.0. The fraction of sp³-hybridized carbons (Fsp3) is 0.600. The third-order valence-corrected chi connectivity index (χ3v) is 4.89. The van der Waals surface area contributed by atoms with Gasteiger partial charge in [0.2, 0.25) is 0 Å². The highest BCUT2D eigenvalue weighted by Gasteiger charge is 2.22. The number of anilines is 2. The zero-order chi connectivity index (χ0) is 15.6. The molecular formula is C15H24N4S2. The van der Waals surface area contributed by atoms with Gasteiger partial charge in [0.1, 0.15) is 15.8 Å². The van der Waals surface area contributed by atoms with Crippen molar-refractivity contribution in [1.82, 2.24) is 9.36 Å². The molecule has 21 heavy (non-hydrogen) atoms. The molecule has 0 unspecified atom stereocenters. The van der Waals surface area contributed by atoms with Gasteiger partial charge in [0, 0.05) is 24.2 Å². The minimum absolute atomic E-state index is 0.595. The van der Waals surface area contributed by atoms with Crippen LogP contribution in [0, 0.1) is 18.8 Å². The summed E-state index contributed by atoms with van der Waals surface area (Å²) in [5.74, 6) is 1.79. The first kappa shape index (κ1) is 16.2. The molecule has 2 N–H and O–H groups in total. The molecule has 0 atom stereocenters. The average molecular weight is 325 g/mol. The van der Waals surface area contributed by atoms with Crippen molar-refractivity contribution in [2.45, 2.75) is 34.6 Å². The number of nitrogens with zero attached hydrogens (tertiary/aromatic N) is 3. The minimum Gasteiger partial charge on any atom is -0.382 e. The highest BCUT2D eigenvalue weighted by Crippen LogP contribution is 2.41. The van der Waals surface area contributed by atoms with E-state index in [0.717, 1.165) is 34.4 Å². The van der Waals surface area contributed by atoms with Crippen LogP contribution in [-0.2, 0) is 0 Å². The molecule has 2 aromatic heterocycles. The van der Waals surface area contributed by atoms with E-state index in [1.807, 2.05) is 6.92 Å². The Morgan fingerprint density at radius 3 is 2.29 bits per heavy atom. The molecule has 0 aliphatic rings. The first-order chi connectivity index (χ1) is 9.88. The number of nitrogen functional groups attached to an aromatic ring is 1. The fourth-order valence-electron chi connectivity index (χ4n) is 2.30. The lowest BCUT2D eigenvalue weighted by atomic mass is 10.1. The van der Waals surface area contributed by atoms with Crippen LogP contribution in [0.4, 0.5) is 10.8 Å². The largest absolute Gasteiger partial charge is 0.382 e. The number of hydrogen-bond acceptors (Lipinski definition) is 6. The predicted molar refractivity (Wildman–Crippen MR) is 94.3 cm³/mol. The van der Waals surface area contributed by atoms with Gasteiger partial charge >= 0.3 is 0 Å². The van der Waals surface area contributed by atoms with Crippen molar-refractivity contribution in [1.29, 1.82) is 0 Å². The summed E-state index contributed by atoms with van der Waals surface area (Å²) in [5.41, 5.74) is 8.17. The summed E-state index contributed by atoms with van der Waals surface area (Å²) >= 11 is 3.13. The van der Waals surface area contributed by atoms with Crippen molar-refractivity contribution in [2.75, 3.05) is 23.7 Å². The van der Waals surface area contributed by atoms with Crippen molar-refractivity contribution in [3.63, 3.8) is 0 Å². The minimum atomic E-state index is 0.595. The first-order valence-electron chi connectivity index (χ1n) is 7.31. The molecule has 4 nitrogen and oxygen atoms in total. The molecule has 0 spiro atoms. The molecule has 116 valence electrons. The van der Waals surface area contributed by atoms with Gasteiger partial charge in [-0.3, -0.25) is 0 Å². The standard InChI is InChI=1S/C15H24N4S2/c1-9(2)6-19(7-10(3)4)15-12(13(16)18-21-15)14-17-11(5)8-20-14/h8-10H,6-7H2,1-5H3,(H2,16,18). The van der Waals surface area contributed by atoms with E-state index in [4.69, 9.17) is 5.73 Å². The van der Waals surface area contributed by atoms with Crippen LogP contribution in [0.25, 0.3) is 10.6 Å². The van der Waals surface area contributed by atoms with Crippen LogP contribution in [0.2, 0.25) is 0 Å². The lowest BCUT2D eigenvalue weighted by Gasteiger charge is -2.27. The Bertz CT molecular complexity index is 576. The van der Waals surface area contributed by atoms with E-state index < -0.39 is 0 Å². The second kappa shape index (κ2) is 6.75. The van der Waals surface area contributed by atoms with Gasteiger partial charge in [-0.2, -0.15) is 4.37 Å². The highest BCUT2D eigenvalue weighted by molar-refractivity contribution is 7.15. The fourth-order valence-corrected chi connectivity index (χ4v) is 4.05. The van der Waals surface area contributed by atoms with E-state index in [1.54, 1.807) is 11.3 Å². The van der Waals surface area contributed by atoms with E-state index in [1.165, 1.54) is 11.5 Å². The van der Waals surface area contributed by atoms with Crippen molar-refractivity contribution in [3.05, 3.63) is 11.1 Å². The van der Waals surface area contributed by atoms with Gasteiger partial charge in [0.05, 0.1) is 5.56 Å². The Labute approximate surface area is 135 Å². The molecule has 0 aliphatic heterocycles. The third-order valence-electron chi connectivity index (χ3n) is 2.99. The molecule has 0 radical (unpaired) electrons. The number of hydrogen-bond donors (Lipinski definition) is 1. The van der Waals surface area contributed by atoms with E-state index in [2.05, 4.69) is 47.3 Å². The summed E-state index contributed by atoms with van der Waals surface area (Å²) in [6, 6.07) is 0. The summed E-state index contributed by atoms with van der Waals surface area (Å²) in [7, 11) is 0. The van der Waals surface area contributed by atoms with Gasteiger partial charge in [-0.25, -0.2) is 4.98 Å². The maximum absolute atomic E-state index is 6.12. The normalized spacial score (nSPS) is 11.6. The SMILES string of the molecule is Cc1csc(-c2c(N)nsc2N(CC(C)C)CC(C)C)n1. The molecule has 0 amide bonds. The quantitative estimate of drug-likeness (QED) is 0.862. The van der Waals surface area contributed by atoms with E-state index >= 15 is 0 Å². The van der Waals surface area contributed by atoms with Gasteiger partial charge < -0.3 is 10.6 Å². The van der Waals surface area contributed by atoms with Crippen LogP contribution in [0.1, 0.15) is 33.4 Å². The first-order valence-corrected chi connectivity index (χ1v) is 8.96. The molecule has 2 heterocycles. The molecule has 6 heteroatoms. The second-order valence-electron chi connectivity index (χ2n) is 6.23. The Kier molecular flexibility index (Phi) is 5.22. The van der Waals surface area contributed by atoms with Crippen LogP contribution in [-0.4, -0.2) is 22.4 Å². The number of thiazole rings is 1. The molecule has 0 fully saturated rings. The van der Waals surface area contributed by atoms with Crippen molar-refractivity contribution >= 4 is 33.7 Å². The van der Waals surface area contributed by atoms with E-state index in [-0.39, 0.29) is 0 Å². The highest BCUT2D eigenvalue weighted by atomic mass is 32.1. The lowest BCUT2D eigenvalue weighted by molar-refractivity contribution is 0.555. The van der Waals surface area contributed by atoms with Crippen molar-refractivity contribution < 1.29 is 0 Å². The number of aryl methyl sites for hydroxylation is 1. The van der Waals surface area contributed by atoms with E-state index in [0.29, 0.717) is 17.7 Å². The third kappa shape index (κ3) is 3.95. The molecular weight excluding hydrogens is 300 g/mol. The Morgan fingerprint density at radius 2 is 1.81 bits per heavy atom. The van der Waals surface area contributed by atoms with Gasteiger partial charge in [-0.15, -0.1) is 11.3 Å². The summed E-state index contributed by atoms with van der Waals surface area (Å²) < 4.78 is 4.38. The summed E-state index contributed by atoms with van der Waals surface area (Å²) in [6.45, 7) is 13.0. The summed E-state index contributed by atoms with van der Waals surface area (Å²) in [6.07, 6.45) is 0. The lowest BCUT2D eigenvalue weighted by Crippen LogP contribution is -2.31. The molecule has 0 aliphatic carbocycles. The molecule has 2 rings (SSSR count). The van der Waals surface area contributed by atoms with Gasteiger partial charge in [-0.1, -0.05) is 27.7 Å². The van der Waals surface area contributed by atoms with Gasteiger partial charge in [-0.05, 0) is 30.3 Å². The smallest absolute Gasteiger partial charge is 0.149 e. The van der Waals surface area contributed by atoms with Crippen LogP contribution >= 0.6 is 22.9 Å². The second-order valence-corrected chi connectivity index (χ2v) is 7.84. The van der Waals surface area contributed by atoms with Crippen molar-refractivity contribution in [2.24, 2.45) is 11.8 Å². The summed E-state index contributed by atoms with van der Waals surface area (Å²) in [5, 5.41) is 4.20. The maximum Gasteiger partial charge on any atom is 0.149 e. The Balaban J connectivity index is 2.41. The number of nitrogens with two attached hydrogens (primary N) is 1. The number of aromatic nitrogens is 2. The van der Waals surface area contributed by atoms with Crippen LogP contribution in [0.5, 0.6) is 0 Å². The Morgan fingerprint density at radius 1 is 1.19 bits per heavy atom. The van der Waals surface area contributed by atoms with Gasteiger partial charge in [0.15, 0.2) is 0 Å². The van der Waals surface area contributed by atoms with Crippen LogP contribution in [0.3, 0.4) is 0 Å². The van der Waals surface area contributed by atoms with Crippen molar-refractivity contribution in [3.8, 4) is 10.6 Å². The number of rotatable bonds is 6. The van der Waals surface area contributed by atoms with Crippen LogP contribution in [0.15, 0.2) is 5.38 Å². The monoisotopic (exact) mass is 324 g/mol. The van der Waals surface area contributed by atoms with Gasteiger partial charge in [0.25, 0.3) is 0 Å². The Hall–Kier alpha value is -1.14. The van der Waals surface area contributed by atoms with E-state index in [9.17, 15) is 0 Å². The maximum atomic E-state index is 6.12. The summed E-state index contributed by atoms with van der Waals surface area (Å²) in [4.78, 5) is 7.01. The molecule has 0 saturated heterocycles. The molecule has 0 saturated carbocycles. The predicted octanol–water partition coefficient (Wildman–Crippen LogP) is 4.28. The molecule has 0 bridgehead atoms. The molecule has 0 aromatic carbocycles.